The van der Waals surface area contributed by atoms with E-state index in [4.69, 9.17) is 9.47 Å². The van der Waals surface area contributed by atoms with E-state index in [1.165, 1.54) is 6.20 Å². The van der Waals surface area contributed by atoms with Crippen molar-refractivity contribution in [2.45, 2.75) is 13.8 Å². The van der Waals surface area contributed by atoms with E-state index >= 15 is 0 Å². The molecule has 0 aliphatic heterocycles. The number of carbonyl (C=O) groups excluding carboxylic acids is 1. The molecule has 3 rings (SSSR count). The normalized spacial score (nSPS) is 10.3. The summed E-state index contributed by atoms with van der Waals surface area (Å²) in [6, 6.07) is 12.8. The van der Waals surface area contributed by atoms with Crippen LogP contribution in [0.5, 0.6) is 11.5 Å². The lowest BCUT2D eigenvalue weighted by Gasteiger charge is -2.11. The fourth-order valence-electron chi connectivity index (χ4n) is 2.83. The molecule has 0 unspecified atom stereocenters. The summed E-state index contributed by atoms with van der Waals surface area (Å²) in [5.41, 5.74) is 3.86. The highest BCUT2D eigenvalue weighted by Crippen LogP contribution is 2.30. The Morgan fingerprint density at radius 1 is 0.893 bits per heavy atom. The lowest BCUT2D eigenvalue weighted by molar-refractivity contribution is 0.102. The molecule has 1 aromatic heterocycles. The van der Waals surface area contributed by atoms with Gasteiger partial charge in [0.2, 0.25) is 5.95 Å². The van der Waals surface area contributed by atoms with Crippen LogP contribution in [0.15, 0.2) is 48.7 Å². The zero-order valence-electron chi connectivity index (χ0n) is 16.2. The second kappa shape index (κ2) is 8.39. The Bertz CT molecular complexity index is 984. The molecule has 144 valence electrons. The monoisotopic (exact) mass is 378 g/mol. The van der Waals surface area contributed by atoms with Crippen molar-refractivity contribution in [2.75, 3.05) is 24.9 Å². The minimum absolute atomic E-state index is 0.261. The zero-order chi connectivity index (χ0) is 20.1. The molecule has 0 spiro atoms. The standard InChI is InChI=1S/C21H22N4O3/c1-13-9-14(2)11-16(10-13)23-20(26)17-7-8-22-21(25-17)24-15-5-6-18(27-3)19(12-15)28-4/h5-12H,1-4H3,(H,23,26)(H,22,24,25). The van der Waals surface area contributed by atoms with Crippen molar-refractivity contribution < 1.29 is 14.3 Å². The first kappa shape index (κ1) is 19.2. The second-order valence-electron chi connectivity index (χ2n) is 6.29. The van der Waals surface area contributed by atoms with Gasteiger partial charge in [0.1, 0.15) is 5.69 Å². The van der Waals surface area contributed by atoms with Gasteiger partial charge in [-0.05, 0) is 55.3 Å². The molecule has 7 heteroatoms. The molecule has 0 aliphatic carbocycles. The first-order valence-corrected chi connectivity index (χ1v) is 8.70. The number of nitrogens with one attached hydrogen (secondary N) is 2. The second-order valence-corrected chi connectivity index (χ2v) is 6.29. The molecule has 0 aliphatic rings. The summed E-state index contributed by atoms with van der Waals surface area (Å²) in [6.45, 7) is 3.97. The number of rotatable bonds is 6. The molecule has 0 saturated heterocycles. The number of amides is 1. The van der Waals surface area contributed by atoms with E-state index in [0.29, 0.717) is 23.1 Å². The van der Waals surface area contributed by atoms with Crippen LogP contribution >= 0.6 is 0 Å². The molecule has 0 atom stereocenters. The van der Waals surface area contributed by atoms with Crippen molar-refractivity contribution in [1.29, 1.82) is 0 Å². The van der Waals surface area contributed by atoms with Gasteiger partial charge in [0.15, 0.2) is 11.5 Å². The largest absolute Gasteiger partial charge is 0.493 e. The third-order valence-electron chi connectivity index (χ3n) is 4.01. The molecule has 1 amide bonds. The Morgan fingerprint density at radius 3 is 2.29 bits per heavy atom. The van der Waals surface area contributed by atoms with Crippen molar-refractivity contribution in [2.24, 2.45) is 0 Å². The molecule has 0 radical (unpaired) electrons. The SMILES string of the molecule is COc1ccc(Nc2nccc(C(=O)Nc3cc(C)cc(C)c3)n2)cc1OC. The summed E-state index contributed by atoms with van der Waals surface area (Å²) >= 11 is 0. The summed E-state index contributed by atoms with van der Waals surface area (Å²) in [6.07, 6.45) is 1.53. The zero-order valence-corrected chi connectivity index (χ0v) is 16.2. The quantitative estimate of drug-likeness (QED) is 0.671. The molecular weight excluding hydrogens is 356 g/mol. The Hall–Kier alpha value is -3.61. The predicted molar refractivity (Wildman–Crippen MR) is 109 cm³/mol. The van der Waals surface area contributed by atoms with Gasteiger partial charge in [0, 0.05) is 23.6 Å². The summed E-state index contributed by atoms with van der Waals surface area (Å²) in [5, 5.41) is 5.94. The van der Waals surface area contributed by atoms with E-state index < -0.39 is 0 Å². The van der Waals surface area contributed by atoms with Crippen LogP contribution in [-0.4, -0.2) is 30.1 Å². The lowest BCUT2D eigenvalue weighted by Crippen LogP contribution is -2.15. The predicted octanol–water partition coefficient (Wildman–Crippen LogP) is 4.11. The van der Waals surface area contributed by atoms with Gasteiger partial charge in [-0.2, -0.15) is 0 Å². The van der Waals surface area contributed by atoms with Crippen LogP contribution in [0.3, 0.4) is 0 Å². The fourth-order valence-corrected chi connectivity index (χ4v) is 2.83. The van der Waals surface area contributed by atoms with E-state index in [1.807, 2.05) is 38.1 Å². The maximum Gasteiger partial charge on any atom is 0.274 e. The first-order valence-electron chi connectivity index (χ1n) is 8.70. The third-order valence-corrected chi connectivity index (χ3v) is 4.01. The molecule has 28 heavy (non-hydrogen) atoms. The number of carbonyl (C=O) groups is 1. The minimum atomic E-state index is -0.303. The van der Waals surface area contributed by atoms with Crippen molar-refractivity contribution >= 4 is 23.2 Å². The van der Waals surface area contributed by atoms with E-state index in [0.717, 1.165) is 16.8 Å². The Morgan fingerprint density at radius 2 is 1.61 bits per heavy atom. The maximum atomic E-state index is 12.6. The Balaban J connectivity index is 1.77. The highest BCUT2D eigenvalue weighted by atomic mass is 16.5. The van der Waals surface area contributed by atoms with Crippen LogP contribution in [0.25, 0.3) is 0 Å². The first-order chi connectivity index (χ1) is 13.5. The Labute approximate surface area is 163 Å². The van der Waals surface area contributed by atoms with Crippen molar-refractivity contribution in [3.63, 3.8) is 0 Å². The highest BCUT2D eigenvalue weighted by Gasteiger charge is 2.11. The molecule has 7 nitrogen and oxygen atoms in total. The number of methoxy groups -OCH3 is 2. The average molecular weight is 378 g/mol. The van der Waals surface area contributed by atoms with Gasteiger partial charge in [-0.25, -0.2) is 9.97 Å². The smallest absolute Gasteiger partial charge is 0.274 e. The molecular formula is C21H22N4O3. The van der Waals surface area contributed by atoms with Crippen LogP contribution in [0.2, 0.25) is 0 Å². The van der Waals surface area contributed by atoms with Crippen LogP contribution in [0, 0.1) is 13.8 Å². The summed E-state index contributed by atoms with van der Waals surface area (Å²) in [4.78, 5) is 21.0. The van der Waals surface area contributed by atoms with Crippen LogP contribution < -0.4 is 20.1 Å². The van der Waals surface area contributed by atoms with Gasteiger partial charge >= 0.3 is 0 Å². The molecule has 0 saturated carbocycles. The van der Waals surface area contributed by atoms with Crippen molar-refractivity contribution in [3.05, 3.63) is 65.5 Å². The van der Waals surface area contributed by atoms with E-state index in [2.05, 4.69) is 20.6 Å². The third kappa shape index (κ3) is 4.56. The van der Waals surface area contributed by atoms with Gasteiger partial charge in [0.25, 0.3) is 5.91 Å². The number of hydrogen-bond donors (Lipinski definition) is 2. The number of nitrogens with zero attached hydrogens (tertiary/aromatic N) is 2. The molecule has 2 aromatic carbocycles. The van der Waals surface area contributed by atoms with Gasteiger partial charge in [-0.15, -0.1) is 0 Å². The molecule has 0 bridgehead atoms. The summed E-state index contributed by atoms with van der Waals surface area (Å²) < 4.78 is 10.5. The lowest BCUT2D eigenvalue weighted by atomic mass is 10.1. The molecule has 3 aromatic rings. The Kier molecular flexibility index (Phi) is 5.74. The van der Waals surface area contributed by atoms with Gasteiger partial charge in [0.05, 0.1) is 14.2 Å². The van der Waals surface area contributed by atoms with Crippen LogP contribution in [-0.2, 0) is 0 Å². The number of anilines is 3. The number of benzene rings is 2. The fraction of sp³-hybridized carbons (Fsp3) is 0.190. The highest BCUT2D eigenvalue weighted by molar-refractivity contribution is 6.03. The van der Waals surface area contributed by atoms with Gasteiger partial charge < -0.3 is 20.1 Å². The van der Waals surface area contributed by atoms with Crippen molar-refractivity contribution in [3.8, 4) is 11.5 Å². The molecule has 2 N–H and O–H groups in total. The van der Waals surface area contributed by atoms with E-state index in [-0.39, 0.29) is 11.6 Å². The van der Waals surface area contributed by atoms with Crippen LogP contribution in [0.1, 0.15) is 21.6 Å². The average Bonchev–Trinajstić information content (AvgIpc) is 2.67. The van der Waals surface area contributed by atoms with E-state index in [9.17, 15) is 4.79 Å². The van der Waals surface area contributed by atoms with Gasteiger partial charge in [-0.3, -0.25) is 4.79 Å². The number of aryl methyl sites for hydroxylation is 2. The topological polar surface area (TPSA) is 85.4 Å². The number of aromatic nitrogens is 2. The molecule has 1 heterocycles. The number of hydrogen-bond acceptors (Lipinski definition) is 6. The minimum Gasteiger partial charge on any atom is -0.493 e. The molecule has 0 fully saturated rings. The van der Waals surface area contributed by atoms with E-state index in [1.54, 1.807) is 32.4 Å². The van der Waals surface area contributed by atoms with Crippen molar-refractivity contribution in [1.82, 2.24) is 9.97 Å². The van der Waals surface area contributed by atoms with Crippen LogP contribution in [0.4, 0.5) is 17.3 Å². The summed E-state index contributed by atoms with van der Waals surface area (Å²) in [7, 11) is 3.14. The maximum absolute atomic E-state index is 12.6. The van der Waals surface area contributed by atoms with Gasteiger partial charge in [-0.1, -0.05) is 6.07 Å². The summed E-state index contributed by atoms with van der Waals surface area (Å²) in [5.74, 6) is 1.20. The number of ether oxygens (including phenoxy) is 2.